The number of hydrogen-bond acceptors (Lipinski definition) is 4. The number of halogens is 1. The second-order valence-electron chi connectivity index (χ2n) is 5.28. The van der Waals surface area contributed by atoms with Gasteiger partial charge in [-0.25, -0.2) is 9.18 Å². The van der Waals surface area contributed by atoms with E-state index in [1.54, 1.807) is 6.07 Å². The highest BCUT2D eigenvalue weighted by Crippen LogP contribution is 2.15. The molecule has 1 aliphatic rings. The van der Waals surface area contributed by atoms with Gasteiger partial charge in [0.15, 0.2) is 0 Å². The molecule has 0 bridgehead atoms. The van der Waals surface area contributed by atoms with Crippen molar-refractivity contribution in [1.29, 1.82) is 0 Å². The molecule has 6 heteroatoms. The molecule has 0 aromatic heterocycles. The van der Waals surface area contributed by atoms with Gasteiger partial charge in [0.1, 0.15) is 5.82 Å². The van der Waals surface area contributed by atoms with Crippen LogP contribution in [-0.2, 0) is 0 Å². The molecule has 110 valence electrons. The van der Waals surface area contributed by atoms with E-state index in [9.17, 15) is 9.18 Å². The van der Waals surface area contributed by atoms with Crippen molar-refractivity contribution in [1.82, 2.24) is 9.80 Å². The number of anilines is 1. The lowest BCUT2D eigenvalue weighted by Gasteiger charge is -2.37. The van der Waals surface area contributed by atoms with Gasteiger partial charge in [0.2, 0.25) is 0 Å². The zero-order valence-electron chi connectivity index (χ0n) is 11.8. The van der Waals surface area contributed by atoms with Crippen LogP contribution in [-0.4, -0.2) is 67.2 Å². The number of rotatable bonds is 4. The average molecular weight is 281 g/mol. The Morgan fingerprint density at radius 2 is 2.20 bits per heavy atom. The second-order valence-corrected chi connectivity index (χ2v) is 5.28. The standard InChI is InChI=1S/C14H20FN3O2/c1-17-5-6-18(2)11(9-17)8-16-10-3-4-12(14(19)20)13(15)7-10/h3-4,7,11,16H,5-6,8-9H2,1-2H3,(H,19,20). The normalized spacial score (nSPS) is 20.9. The van der Waals surface area contributed by atoms with Crippen molar-refractivity contribution in [3.8, 4) is 0 Å². The molecular formula is C14H20FN3O2. The Kier molecular flexibility index (Phi) is 4.57. The zero-order valence-corrected chi connectivity index (χ0v) is 11.8. The van der Waals surface area contributed by atoms with Gasteiger partial charge in [-0.2, -0.15) is 0 Å². The van der Waals surface area contributed by atoms with Crippen LogP contribution in [0.25, 0.3) is 0 Å². The Labute approximate surface area is 118 Å². The van der Waals surface area contributed by atoms with Gasteiger partial charge in [-0.05, 0) is 32.3 Å². The Balaban J connectivity index is 1.97. The third-order valence-corrected chi connectivity index (χ3v) is 3.72. The Bertz CT molecular complexity index is 495. The number of likely N-dealkylation sites (N-methyl/N-ethyl adjacent to an activating group) is 2. The highest BCUT2D eigenvalue weighted by molar-refractivity contribution is 5.88. The summed E-state index contributed by atoms with van der Waals surface area (Å²) in [6.45, 7) is 3.72. The molecule has 0 saturated carbocycles. The first-order valence-corrected chi connectivity index (χ1v) is 6.63. The molecule has 0 spiro atoms. The predicted octanol–water partition coefficient (Wildman–Crippen LogP) is 1.18. The summed E-state index contributed by atoms with van der Waals surface area (Å²) in [7, 11) is 4.16. The van der Waals surface area contributed by atoms with Gasteiger partial charge in [0.25, 0.3) is 0 Å². The summed E-state index contributed by atoms with van der Waals surface area (Å²) in [4.78, 5) is 15.3. The molecule has 2 N–H and O–H groups in total. The smallest absolute Gasteiger partial charge is 0.338 e. The molecule has 2 rings (SSSR count). The average Bonchev–Trinajstić information content (AvgIpc) is 2.39. The van der Waals surface area contributed by atoms with E-state index in [1.807, 2.05) is 0 Å². The Hall–Kier alpha value is -1.66. The number of piperazine rings is 1. The highest BCUT2D eigenvalue weighted by atomic mass is 19.1. The van der Waals surface area contributed by atoms with Crippen molar-refractivity contribution in [3.63, 3.8) is 0 Å². The maximum atomic E-state index is 13.6. The first kappa shape index (κ1) is 14.7. The molecule has 0 amide bonds. The SMILES string of the molecule is CN1CCN(C)C(CNc2ccc(C(=O)O)c(F)c2)C1. The van der Waals surface area contributed by atoms with E-state index in [2.05, 4.69) is 29.2 Å². The van der Waals surface area contributed by atoms with Gasteiger partial charge in [-0.15, -0.1) is 0 Å². The fourth-order valence-corrected chi connectivity index (χ4v) is 2.36. The van der Waals surface area contributed by atoms with Gasteiger partial charge in [0, 0.05) is 37.9 Å². The lowest BCUT2D eigenvalue weighted by Crippen LogP contribution is -2.52. The van der Waals surface area contributed by atoms with Gasteiger partial charge >= 0.3 is 5.97 Å². The second kappa shape index (κ2) is 6.19. The van der Waals surface area contributed by atoms with Crippen LogP contribution in [0.3, 0.4) is 0 Å². The number of carbonyl (C=O) groups is 1. The Morgan fingerprint density at radius 3 is 2.85 bits per heavy atom. The predicted molar refractivity (Wildman–Crippen MR) is 75.8 cm³/mol. The summed E-state index contributed by atoms with van der Waals surface area (Å²) < 4.78 is 13.6. The van der Waals surface area contributed by atoms with Crippen LogP contribution in [0.15, 0.2) is 18.2 Å². The molecule has 1 aromatic carbocycles. The summed E-state index contributed by atoms with van der Waals surface area (Å²) in [6, 6.07) is 4.47. The van der Waals surface area contributed by atoms with E-state index in [1.165, 1.54) is 12.1 Å². The van der Waals surface area contributed by atoms with Crippen LogP contribution in [0, 0.1) is 5.82 Å². The maximum absolute atomic E-state index is 13.6. The summed E-state index contributed by atoms with van der Waals surface area (Å²) in [5.41, 5.74) is 0.305. The third-order valence-electron chi connectivity index (χ3n) is 3.72. The minimum absolute atomic E-state index is 0.301. The van der Waals surface area contributed by atoms with Crippen molar-refractivity contribution in [2.45, 2.75) is 6.04 Å². The van der Waals surface area contributed by atoms with Crippen LogP contribution < -0.4 is 5.32 Å². The molecule has 5 nitrogen and oxygen atoms in total. The molecule has 1 fully saturated rings. The largest absolute Gasteiger partial charge is 0.478 e. The molecule has 1 aromatic rings. The first-order chi connectivity index (χ1) is 9.47. The molecular weight excluding hydrogens is 261 g/mol. The lowest BCUT2D eigenvalue weighted by molar-refractivity contribution is 0.0692. The van der Waals surface area contributed by atoms with Crippen LogP contribution in [0.2, 0.25) is 0 Å². The monoisotopic (exact) mass is 281 g/mol. The van der Waals surface area contributed by atoms with Crippen LogP contribution in [0.5, 0.6) is 0 Å². The summed E-state index contributed by atoms with van der Waals surface area (Å²) in [6.07, 6.45) is 0. The minimum Gasteiger partial charge on any atom is -0.478 e. The number of carboxylic acid groups (broad SMARTS) is 1. The molecule has 0 radical (unpaired) electrons. The Morgan fingerprint density at radius 1 is 1.45 bits per heavy atom. The molecule has 20 heavy (non-hydrogen) atoms. The highest BCUT2D eigenvalue weighted by Gasteiger charge is 2.21. The molecule has 1 saturated heterocycles. The fourth-order valence-electron chi connectivity index (χ4n) is 2.36. The van der Waals surface area contributed by atoms with Gasteiger partial charge in [-0.3, -0.25) is 4.90 Å². The summed E-state index contributed by atoms with van der Waals surface area (Å²) >= 11 is 0. The lowest BCUT2D eigenvalue weighted by atomic mass is 10.1. The summed E-state index contributed by atoms with van der Waals surface area (Å²) in [5.74, 6) is -1.96. The number of aromatic carboxylic acids is 1. The van der Waals surface area contributed by atoms with Gasteiger partial charge < -0.3 is 15.3 Å². The number of carboxylic acids is 1. The third kappa shape index (κ3) is 3.46. The molecule has 1 aliphatic heterocycles. The molecule has 0 aliphatic carbocycles. The quantitative estimate of drug-likeness (QED) is 0.868. The van der Waals surface area contributed by atoms with Crippen molar-refractivity contribution >= 4 is 11.7 Å². The van der Waals surface area contributed by atoms with Gasteiger partial charge in [-0.1, -0.05) is 0 Å². The minimum atomic E-state index is -1.25. The van der Waals surface area contributed by atoms with Gasteiger partial charge in [0.05, 0.1) is 5.56 Å². The van der Waals surface area contributed by atoms with E-state index in [0.29, 0.717) is 18.3 Å². The van der Waals surface area contributed by atoms with E-state index in [-0.39, 0.29) is 5.56 Å². The van der Waals surface area contributed by atoms with Crippen molar-refractivity contribution in [2.24, 2.45) is 0 Å². The van der Waals surface area contributed by atoms with Crippen molar-refractivity contribution in [3.05, 3.63) is 29.6 Å². The fraction of sp³-hybridized carbons (Fsp3) is 0.500. The van der Waals surface area contributed by atoms with E-state index >= 15 is 0 Å². The number of hydrogen-bond donors (Lipinski definition) is 2. The van der Waals surface area contributed by atoms with Crippen LogP contribution in [0.1, 0.15) is 10.4 Å². The number of nitrogens with one attached hydrogen (secondary N) is 1. The van der Waals surface area contributed by atoms with Crippen LogP contribution in [0.4, 0.5) is 10.1 Å². The van der Waals surface area contributed by atoms with E-state index in [4.69, 9.17) is 5.11 Å². The van der Waals surface area contributed by atoms with Crippen molar-refractivity contribution < 1.29 is 14.3 Å². The number of benzene rings is 1. The zero-order chi connectivity index (χ0) is 14.7. The maximum Gasteiger partial charge on any atom is 0.338 e. The molecule has 1 unspecified atom stereocenters. The molecule has 1 heterocycles. The van der Waals surface area contributed by atoms with Crippen LogP contribution >= 0.6 is 0 Å². The van der Waals surface area contributed by atoms with Crippen molar-refractivity contribution in [2.75, 3.05) is 45.6 Å². The summed E-state index contributed by atoms with van der Waals surface area (Å²) in [5, 5.41) is 12.0. The van der Waals surface area contributed by atoms with E-state index in [0.717, 1.165) is 19.6 Å². The molecule has 1 atom stereocenters. The topological polar surface area (TPSA) is 55.8 Å². The van der Waals surface area contributed by atoms with E-state index < -0.39 is 11.8 Å². The first-order valence-electron chi connectivity index (χ1n) is 6.63. The number of nitrogens with zero attached hydrogens (tertiary/aromatic N) is 2.